The largest absolute Gasteiger partial charge is 0.367 e. The lowest BCUT2D eigenvalue weighted by Gasteiger charge is -2.30. The molecule has 0 N–H and O–H groups in total. The monoisotopic (exact) mass is 159 g/mol. The van der Waals surface area contributed by atoms with E-state index in [1.807, 2.05) is 6.92 Å². The predicted molar refractivity (Wildman–Crippen MR) is 39.0 cm³/mol. The molecule has 1 fully saturated rings. The van der Waals surface area contributed by atoms with Crippen molar-refractivity contribution in [3.05, 3.63) is 0 Å². The summed E-state index contributed by atoms with van der Waals surface area (Å²) in [6, 6.07) is 0. The number of carbonyl (C=O) groups is 1. The Morgan fingerprint density at radius 2 is 2.55 bits per heavy atom. The Labute approximate surface area is 66.1 Å². The summed E-state index contributed by atoms with van der Waals surface area (Å²) in [4.78, 5) is 12.7. The van der Waals surface area contributed by atoms with Gasteiger partial charge in [0.25, 0.3) is 0 Å². The van der Waals surface area contributed by atoms with E-state index >= 15 is 0 Å². The SMILES string of the molecule is COCN1C[C@@H](C)OCC1=O. The summed E-state index contributed by atoms with van der Waals surface area (Å²) in [6.07, 6.45) is 0.128. The Morgan fingerprint density at radius 3 is 3.18 bits per heavy atom. The lowest BCUT2D eigenvalue weighted by atomic mass is 10.3. The van der Waals surface area contributed by atoms with Crippen LogP contribution in [-0.2, 0) is 14.3 Å². The van der Waals surface area contributed by atoms with Crippen LogP contribution in [0.4, 0.5) is 0 Å². The van der Waals surface area contributed by atoms with Crippen LogP contribution in [0.5, 0.6) is 0 Å². The first-order chi connectivity index (χ1) is 5.24. The fraction of sp³-hybridized carbons (Fsp3) is 0.857. The molecule has 1 amide bonds. The van der Waals surface area contributed by atoms with Gasteiger partial charge in [0.05, 0.1) is 6.10 Å². The third-order valence-electron chi connectivity index (χ3n) is 1.61. The second-order valence-electron chi connectivity index (χ2n) is 2.66. The zero-order chi connectivity index (χ0) is 8.27. The molecule has 4 heteroatoms. The van der Waals surface area contributed by atoms with Gasteiger partial charge in [0, 0.05) is 13.7 Å². The van der Waals surface area contributed by atoms with E-state index in [-0.39, 0.29) is 18.6 Å². The molecule has 0 aromatic rings. The third-order valence-corrected chi connectivity index (χ3v) is 1.61. The van der Waals surface area contributed by atoms with Crippen molar-refractivity contribution in [1.29, 1.82) is 0 Å². The van der Waals surface area contributed by atoms with Crippen LogP contribution in [0.25, 0.3) is 0 Å². The number of amides is 1. The number of morpholine rings is 1. The van der Waals surface area contributed by atoms with E-state index in [2.05, 4.69) is 0 Å². The number of carbonyl (C=O) groups excluding carboxylic acids is 1. The first kappa shape index (κ1) is 8.49. The Balaban J connectivity index is 2.40. The second-order valence-corrected chi connectivity index (χ2v) is 2.66. The molecule has 11 heavy (non-hydrogen) atoms. The van der Waals surface area contributed by atoms with Crippen molar-refractivity contribution in [3.8, 4) is 0 Å². The van der Waals surface area contributed by atoms with Gasteiger partial charge in [-0.15, -0.1) is 0 Å². The number of rotatable bonds is 2. The standard InChI is InChI=1S/C7H13NO3/c1-6-3-8(5-10-2)7(9)4-11-6/h6H,3-5H2,1-2H3/t6-/m1/s1. The Hall–Kier alpha value is -0.610. The Morgan fingerprint density at radius 1 is 1.82 bits per heavy atom. The fourth-order valence-electron chi connectivity index (χ4n) is 1.05. The zero-order valence-electron chi connectivity index (χ0n) is 6.87. The molecule has 0 radical (unpaired) electrons. The lowest BCUT2D eigenvalue weighted by molar-refractivity contribution is -0.154. The average molecular weight is 159 g/mol. The summed E-state index contributed by atoms with van der Waals surface area (Å²) in [7, 11) is 1.58. The van der Waals surface area contributed by atoms with Gasteiger partial charge >= 0.3 is 0 Å². The minimum atomic E-state index is 0.00458. The maximum absolute atomic E-state index is 11.1. The summed E-state index contributed by atoms with van der Waals surface area (Å²) < 4.78 is 9.97. The van der Waals surface area contributed by atoms with Crippen molar-refractivity contribution < 1.29 is 14.3 Å². The highest BCUT2D eigenvalue weighted by Gasteiger charge is 2.22. The van der Waals surface area contributed by atoms with E-state index in [1.165, 1.54) is 0 Å². The topological polar surface area (TPSA) is 38.8 Å². The summed E-state index contributed by atoms with van der Waals surface area (Å²) >= 11 is 0. The molecular formula is C7H13NO3. The summed E-state index contributed by atoms with van der Waals surface area (Å²) in [5, 5.41) is 0. The van der Waals surface area contributed by atoms with E-state index in [0.29, 0.717) is 13.3 Å². The van der Waals surface area contributed by atoms with Gasteiger partial charge in [-0.3, -0.25) is 4.79 Å². The summed E-state index contributed by atoms with van der Waals surface area (Å²) in [5.74, 6) is 0.00458. The van der Waals surface area contributed by atoms with Crippen LogP contribution < -0.4 is 0 Å². The predicted octanol–water partition coefficient (Wildman–Crippen LogP) is -0.162. The van der Waals surface area contributed by atoms with Gasteiger partial charge in [-0.2, -0.15) is 0 Å². The van der Waals surface area contributed by atoms with Crippen molar-refractivity contribution in [2.24, 2.45) is 0 Å². The molecule has 0 unspecified atom stereocenters. The molecule has 64 valence electrons. The molecule has 0 bridgehead atoms. The van der Waals surface area contributed by atoms with Crippen molar-refractivity contribution in [2.75, 3.05) is 27.0 Å². The molecule has 0 aromatic carbocycles. The number of ether oxygens (including phenoxy) is 2. The maximum atomic E-state index is 11.1. The van der Waals surface area contributed by atoms with Crippen LogP contribution in [0.2, 0.25) is 0 Å². The Kier molecular flexibility index (Phi) is 2.84. The highest BCUT2D eigenvalue weighted by Crippen LogP contribution is 2.04. The number of hydrogen-bond donors (Lipinski definition) is 0. The molecule has 1 atom stereocenters. The molecule has 1 rings (SSSR count). The molecule has 0 aromatic heterocycles. The van der Waals surface area contributed by atoms with Gasteiger partial charge < -0.3 is 14.4 Å². The average Bonchev–Trinajstić information content (AvgIpc) is 1.98. The summed E-state index contributed by atoms with van der Waals surface area (Å²) in [5.41, 5.74) is 0. The van der Waals surface area contributed by atoms with E-state index in [1.54, 1.807) is 12.0 Å². The fourth-order valence-corrected chi connectivity index (χ4v) is 1.05. The smallest absolute Gasteiger partial charge is 0.250 e. The molecule has 1 heterocycles. The molecule has 0 spiro atoms. The quantitative estimate of drug-likeness (QED) is 0.562. The van der Waals surface area contributed by atoms with Gasteiger partial charge in [-0.25, -0.2) is 0 Å². The minimum Gasteiger partial charge on any atom is -0.367 e. The van der Waals surface area contributed by atoms with Crippen molar-refractivity contribution >= 4 is 5.91 Å². The molecule has 0 saturated carbocycles. The first-order valence-corrected chi connectivity index (χ1v) is 3.62. The molecule has 0 aliphatic carbocycles. The number of nitrogens with zero attached hydrogens (tertiary/aromatic N) is 1. The van der Waals surface area contributed by atoms with E-state index < -0.39 is 0 Å². The number of methoxy groups -OCH3 is 1. The molecule has 1 saturated heterocycles. The van der Waals surface area contributed by atoms with Crippen LogP contribution >= 0.6 is 0 Å². The van der Waals surface area contributed by atoms with Gasteiger partial charge in [-0.1, -0.05) is 0 Å². The van der Waals surface area contributed by atoms with Gasteiger partial charge in [0.15, 0.2) is 0 Å². The zero-order valence-corrected chi connectivity index (χ0v) is 6.87. The van der Waals surface area contributed by atoms with Crippen molar-refractivity contribution in [2.45, 2.75) is 13.0 Å². The van der Waals surface area contributed by atoms with Gasteiger partial charge in [0.1, 0.15) is 13.3 Å². The van der Waals surface area contributed by atoms with E-state index in [9.17, 15) is 4.79 Å². The maximum Gasteiger partial charge on any atom is 0.250 e. The number of hydrogen-bond acceptors (Lipinski definition) is 3. The first-order valence-electron chi connectivity index (χ1n) is 3.62. The van der Waals surface area contributed by atoms with Gasteiger partial charge in [0.2, 0.25) is 5.91 Å². The van der Waals surface area contributed by atoms with Gasteiger partial charge in [-0.05, 0) is 6.92 Å². The van der Waals surface area contributed by atoms with Crippen LogP contribution in [0, 0.1) is 0 Å². The highest BCUT2D eigenvalue weighted by atomic mass is 16.5. The van der Waals surface area contributed by atoms with E-state index in [0.717, 1.165) is 0 Å². The normalized spacial score (nSPS) is 25.8. The van der Waals surface area contributed by atoms with E-state index in [4.69, 9.17) is 9.47 Å². The molecular weight excluding hydrogens is 146 g/mol. The minimum absolute atomic E-state index is 0.00458. The highest BCUT2D eigenvalue weighted by molar-refractivity contribution is 5.77. The van der Waals surface area contributed by atoms with Crippen molar-refractivity contribution in [1.82, 2.24) is 4.90 Å². The Bertz CT molecular complexity index is 149. The van der Waals surface area contributed by atoms with Crippen LogP contribution in [-0.4, -0.2) is 43.9 Å². The van der Waals surface area contributed by atoms with Crippen LogP contribution in [0.1, 0.15) is 6.92 Å². The van der Waals surface area contributed by atoms with Crippen LogP contribution in [0.3, 0.4) is 0 Å². The molecule has 4 nitrogen and oxygen atoms in total. The van der Waals surface area contributed by atoms with Crippen molar-refractivity contribution in [3.63, 3.8) is 0 Å². The van der Waals surface area contributed by atoms with Crippen LogP contribution in [0.15, 0.2) is 0 Å². The second kappa shape index (κ2) is 3.69. The lowest BCUT2D eigenvalue weighted by Crippen LogP contribution is -2.46. The summed E-state index contributed by atoms with van der Waals surface area (Å²) in [6.45, 7) is 3.12. The molecule has 1 aliphatic rings. The molecule has 1 aliphatic heterocycles. The third kappa shape index (κ3) is 2.17.